The summed E-state index contributed by atoms with van der Waals surface area (Å²) in [5.74, 6) is -0.690. The van der Waals surface area contributed by atoms with Crippen LogP contribution >= 0.6 is 0 Å². The van der Waals surface area contributed by atoms with Gasteiger partial charge in [0.2, 0.25) is 5.91 Å². The lowest BCUT2D eigenvalue weighted by atomic mass is 9.95. The van der Waals surface area contributed by atoms with E-state index in [0.29, 0.717) is 0 Å². The summed E-state index contributed by atoms with van der Waals surface area (Å²) >= 11 is 0. The molecule has 4 nitrogen and oxygen atoms in total. The molecule has 78 valence electrons. The number of carbonyl (C=O) groups excluding carboxylic acids is 1. The van der Waals surface area contributed by atoms with Crippen LogP contribution in [0.15, 0.2) is 0 Å². The van der Waals surface area contributed by atoms with Crippen molar-refractivity contribution >= 4 is 5.91 Å². The molecule has 1 amide bonds. The topological polar surface area (TPSA) is 78.3 Å². The summed E-state index contributed by atoms with van der Waals surface area (Å²) in [4.78, 5) is 10.9. The van der Waals surface area contributed by atoms with Gasteiger partial charge in [-0.3, -0.25) is 4.79 Å². The molecule has 4 N–H and O–H groups in total. The van der Waals surface area contributed by atoms with Crippen LogP contribution in [0.2, 0.25) is 0 Å². The Morgan fingerprint density at radius 3 is 2.38 bits per heavy atom. The third-order valence-electron chi connectivity index (χ3n) is 2.26. The van der Waals surface area contributed by atoms with E-state index in [1.165, 1.54) is 0 Å². The average molecular weight is 188 g/mol. The Labute approximate surface area is 79.6 Å². The molecule has 0 saturated heterocycles. The first-order chi connectivity index (χ1) is 6.04. The van der Waals surface area contributed by atoms with E-state index >= 15 is 0 Å². The van der Waals surface area contributed by atoms with Crippen molar-refractivity contribution in [3.8, 4) is 0 Å². The molecule has 0 aliphatic rings. The van der Waals surface area contributed by atoms with Gasteiger partial charge < -0.3 is 16.2 Å². The highest BCUT2D eigenvalue weighted by molar-refractivity contribution is 5.76. The molecule has 3 atom stereocenters. The van der Waals surface area contributed by atoms with Gasteiger partial charge in [0.1, 0.15) is 0 Å². The van der Waals surface area contributed by atoms with Crippen LogP contribution in [0.4, 0.5) is 0 Å². The van der Waals surface area contributed by atoms with Gasteiger partial charge in [0, 0.05) is 13.2 Å². The first-order valence-corrected chi connectivity index (χ1v) is 4.62. The molecule has 3 unspecified atom stereocenters. The van der Waals surface area contributed by atoms with Crippen LogP contribution in [0.25, 0.3) is 0 Å². The highest BCUT2D eigenvalue weighted by Gasteiger charge is 2.26. The zero-order valence-corrected chi connectivity index (χ0v) is 8.62. The van der Waals surface area contributed by atoms with Gasteiger partial charge >= 0.3 is 0 Å². The quantitative estimate of drug-likeness (QED) is 0.627. The number of amides is 1. The van der Waals surface area contributed by atoms with E-state index in [1.807, 2.05) is 6.92 Å². The van der Waals surface area contributed by atoms with E-state index in [9.17, 15) is 4.79 Å². The zero-order valence-electron chi connectivity index (χ0n) is 8.62. The van der Waals surface area contributed by atoms with Crippen LogP contribution in [0, 0.1) is 5.92 Å². The SMILES string of the molecule is CCCC(N)C(OC)C(C)C(N)=O. The van der Waals surface area contributed by atoms with Crippen LogP contribution in [0.5, 0.6) is 0 Å². The fourth-order valence-corrected chi connectivity index (χ4v) is 1.41. The first kappa shape index (κ1) is 12.4. The predicted molar refractivity (Wildman–Crippen MR) is 52.0 cm³/mol. The monoisotopic (exact) mass is 188 g/mol. The highest BCUT2D eigenvalue weighted by atomic mass is 16.5. The number of rotatable bonds is 6. The van der Waals surface area contributed by atoms with Gasteiger partial charge in [-0.2, -0.15) is 0 Å². The Hall–Kier alpha value is -0.610. The Balaban J connectivity index is 4.22. The molecule has 0 aromatic rings. The van der Waals surface area contributed by atoms with Gasteiger partial charge in [-0.25, -0.2) is 0 Å². The number of carbonyl (C=O) groups is 1. The van der Waals surface area contributed by atoms with Gasteiger partial charge in [-0.1, -0.05) is 20.3 Å². The fraction of sp³-hybridized carbons (Fsp3) is 0.889. The maximum absolute atomic E-state index is 10.9. The number of ether oxygens (including phenoxy) is 1. The molecule has 0 aliphatic carbocycles. The molecule has 4 heteroatoms. The summed E-state index contributed by atoms with van der Waals surface area (Å²) in [6.45, 7) is 3.79. The minimum absolute atomic E-state index is 0.113. The van der Waals surface area contributed by atoms with Crippen LogP contribution in [-0.2, 0) is 9.53 Å². The Kier molecular flexibility index (Phi) is 5.66. The molecule has 13 heavy (non-hydrogen) atoms. The van der Waals surface area contributed by atoms with Crippen molar-refractivity contribution in [1.82, 2.24) is 0 Å². The molecule has 0 rings (SSSR count). The number of nitrogens with two attached hydrogens (primary N) is 2. The second kappa shape index (κ2) is 5.94. The molecular formula is C9H20N2O2. The summed E-state index contributed by atoms with van der Waals surface area (Å²) in [5, 5.41) is 0. The second-order valence-corrected chi connectivity index (χ2v) is 3.34. The standard InChI is InChI=1S/C9H20N2O2/c1-4-5-7(10)8(13-3)6(2)9(11)12/h6-8H,4-5,10H2,1-3H3,(H2,11,12). The molecule has 0 saturated carbocycles. The van der Waals surface area contributed by atoms with Gasteiger partial charge in [0.05, 0.1) is 12.0 Å². The van der Waals surface area contributed by atoms with E-state index in [0.717, 1.165) is 12.8 Å². The van der Waals surface area contributed by atoms with Crippen molar-refractivity contribution in [2.24, 2.45) is 17.4 Å². The maximum Gasteiger partial charge on any atom is 0.222 e. The van der Waals surface area contributed by atoms with E-state index in [4.69, 9.17) is 16.2 Å². The maximum atomic E-state index is 10.9. The minimum atomic E-state index is -0.363. The molecule has 0 radical (unpaired) electrons. The van der Waals surface area contributed by atoms with Gasteiger partial charge in [0.25, 0.3) is 0 Å². The van der Waals surface area contributed by atoms with E-state index in [2.05, 4.69) is 0 Å². The lowest BCUT2D eigenvalue weighted by molar-refractivity contribution is -0.126. The third kappa shape index (κ3) is 3.74. The Morgan fingerprint density at radius 1 is 1.54 bits per heavy atom. The Morgan fingerprint density at radius 2 is 2.08 bits per heavy atom. The number of methoxy groups -OCH3 is 1. The van der Waals surface area contributed by atoms with Crippen molar-refractivity contribution in [1.29, 1.82) is 0 Å². The van der Waals surface area contributed by atoms with E-state index in [1.54, 1.807) is 14.0 Å². The van der Waals surface area contributed by atoms with Crippen molar-refractivity contribution in [3.05, 3.63) is 0 Å². The third-order valence-corrected chi connectivity index (χ3v) is 2.26. The van der Waals surface area contributed by atoms with E-state index in [-0.39, 0.29) is 24.0 Å². The average Bonchev–Trinajstić information content (AvgIpc) is 2.05. The van der Waals surface area contributed by atoms with Crippen LogP contribution in [-0.4, -0.2) is 25.2 Å². The highest BCUT2D eigenvalue weighted by Crippen LogP contribution is 2.12. The fourth-order valence-electron chi connectivity index (χ4n) is 1.41. The summed E-state index contributed by atoms with van der Waals surface area (Å²) in [5.41, 5.74) is 11.0. The first-order valence-electron chi connectivity index (χ1n) is 4.62. The van der Waals surface area contributed by atoms with Gasteiger partial charge in [-0.05, 0) is 6.42 Å². The molecule has 0 spiro atoms. The lowest BCUT2D eigenvalue weighted by Gasteiger charge is -2.25. The van der Waals surface area contributed by atoms with Crippen molar-refractivity contribution in [3.63, 3.8) is 0 Å². The smallest absolute Gasteiger partial charge is 0.222 e. The lowest BCUT2D eigenvalue weighted by Crippen LogP contribution is -2.45. The van der Waals surface area contributed by atoms with Crippen LogP contribution in [0.1, 0.15) is 26.7 Å². The largest absolute Gasteiger partial charge is 0.379 e. The van der Waals surface area contributed by atoms with Gasteiger partial charge in [-0.15, -0.1) is 0 Å². The van der Waals surface area contributed by atoms with Crippen molar-refractivity contribution in [2.45, 2.75) is 38.8 Å². The normalized spacial score (nSPS) is 17.8. The molecule has 0 aromatic carbocycles. The number of hydrogen-bond donors (Lipinski definition) is 2. The van der Waals surface area contributed by atoms with Crippen LogP contribution in [0.3, 0.4) is 0 Å². The van der Waals surface area contributed by atoms with Crippen molar-refractivity contribution < 1.29 is 9.53 Å². The zero-order chi connectivity index (χ0) is 10.4. The number of primary amides is 1. The van der Waals surface area contributed by atoms with Gasteiger partial charge in [0.15, 0.2) is 0 Å². The van der Waals surface area contributed by atoms with Crippen molar-refractivity contribution in [2.75, 3.05) is 7.11 Å². The summed E-state index contributed by atoms with van der Waals surface area (Å²) in [6.07, 6.45) is 1.56. The summed E-state index contributed by atoms with van der Waals surface area (Å²) in [7, 11) is 1.56. The minimum Gasteiger partial charge on any atom is -0.379 e. The summed E-state index contributed by atoms with van der Waals surface area (Å²) in [6, 6.07) is -0.113. The molecular weight excluding hydrogens is 168 g/mol. The molecule has 0 fully saturated rings. The van der Waals surface area contributed by atoms with E-state index < -0.39 is 0 Å². The predicted octanol–water partition coefficient (Wildman–Crippen LogP) is 0.250. The summed E-state index contributed by atoms with van der Waals surface area (Å²) < 4.78 is 5.16. The molecule has 0 heterocycles. The van der Waals surface area contributed by atoms with Crippen LogP contribution < -0.4 is 11.5 Å². The number of hydrogen-bond acceptors (Lipinski definition) is 3. The molecule has 0 bridgehead atoms. The second-order valence-electron chi connectivity index (χ2n) is 3.34. The molecule has 0 aliphatic heterocycles. The Bertz CT molecular complexity index is 162. The molecule has 0 aromatic heterocycles.